The van der Waals surface area contributed by atoms with Crippen LogP contribution in [0.2, 0.25) is 0 Å². The molecule has 19 heavy (non-hydrogen) atoms. The number of halogens is 1. The second-order valence-electron chi connectivity index (χ2n) is 3.89. The molecule has 2 N–H and O–H groups in total. The van der Waals surface area contributed by atoms with Gasteiger partial charge in [-0.25, -0.2) is 13.4 Å². The van der Waals surface area contributed by atoms with E-state index in [2.05, 4.69) is 20.9 Å². The minimum Gasteiger partial charge on any atom is -0.453 e. The molecule has 2 heterocycles. The summed E-state index contributed by atoms with van der Waals surface area (Å²) in [5, 5.41) is 0. The maximum absolute atomic E-state index is 12.2. The van der Waals surface area contributed by atoms with Crippen LogP contribution in [-0.2, 0) is 16.6 Å². The smallest absolute Gasteiger partial charge is 0.244 e. The van der Waals surface area contributed by atoms with Crippen LogP contribution in [0.25, 0.3) is 0 Å². The van der Waals surface area contributed by atoms with Gasteiger partial charge in [0.15, 0.2) is 4.67 Å². The number of pyridine rings is 1. The Morgan fingerprint density at radius 1 is 1.37 bits per heavy atom. The largest absolute Gasteiger partial charge is 0.453 e. The fourth-order valence-electron chi connectivity index (χ4n) is 1.47. The van der Waals surface area contributed by atoms with Crippen molar-refractivity contribution in [2.24, 2.45) is 0 Å². The lowest BCUT2D eigenvalue weighted by molar-refractivity contribution is 0.398. The van der Waals surface area contributed by atoms with Crippen LogP contribution in [0.1, 0.15) is 5.76 Å². The van der Waals surface area contributed by atoms with E-state index in [1.54, 1.807) is 12.1 Å². The molecule has 0 bridgehead atoms. The molecule has 0 spiro atoms. The Balaban J connectivity index is 2.21. The Morgan fingerprint density at radius 2 is 2.11 bits per heavy atom. The van der Waals surface area contributed by atoms with Crippen LogP contribution in [0, 0.1) is 0 Å². The van der Waals surface area contributed by atoms with Crippen molar-refractivity contribution in [3.63, 3.8) is 0 Å². The number of hydrogen-bond acceptors (Lipinski definition) is 5. The summed E-state index contributed by atoms with van der Waals surface area (Å²) in [6.45, 7) is 0.137. The molecule has 102 valence electrons. The molecule has 6 nitrogen and oxygen atoms in total. The number of nitrogens with zero attached hydrogens (tertiary/aromatic N) is 2. The number of aromatic nitrogens is 1. The molecular formula is C11H12BrN3O3S. The molecule has 0 radical (unpaired) electrons. The van der Waals surface area contributed by atoms with E-state index in [-0.39, 0.29) is 17.3 Å². The molecule has 0 amide bonds. The second kappa shape index (κ2) is 5.32. The van der Waals surface area contributed by atoms with Crippen LogP contribution in [0.15, 0.2) is 44.4 Å². The molecule has 0 aliphatic rings. The van der Waals surface area contributed by atoms with Crippen LogP contribution in [0.5, 0.6) is 0 Å². The van der Waals surface area contributed by atoms with E-state index in [1.807, 2.05) is 0 Å². The molecule has 2 aromatic heterocycles. The van der Waals surface area contributed by atoms with Gasteiger partial charge in [0.05, 0.1) is 6.54 Å². The SMILES string of the molecule is CN(Cc1ccc(Br)o1)S(=O)(=O)c1ccc(N)nc1. The number of nitrogens with two attached hydrogens (primary N) is 1. The van der Waals surface area contributed by atoms with Crippen LogP contribution in [0.3, 0.4) is 0 Å². The summed E-state index contributed by atoms with van der Waals surface area (Å²) in [5.41, 5.74) is 5.43. The number of anilines is 1. The van der Waals surface area contributed by atoms with Gasteiger partial charge in [0.2, 0.25) is 10.0 Å². The lowest BCUT2D eigenvalue weighted by Crippen LogP contribution is -2.26. The van der Waals surface area contributed by atoms with Crippen molar-refractivity contribution in [2.75, 3.05) is 12.8 Å². The zero-order chi connectivity index (χ0) is 14.0. The molecule has 8 heteroatoms. The summed E-state index contributed by atoms with van der Waals surface area (Å²) in [6.07, 6.45) is 1.24. The van der Waals surface area contributed by atoms with Gasteiger partial charge in [-0.2, -0.15) is 4.31 Å². The molecule has 0 saturated heterocycles. The summed E-state index contributed by atoms with van der Waals surface area (Å²) in [5.74, 6) is 0.818. The number of furan rings is 1. The normalized spacial score (nSPS) is 11.9. The van der Waals surface area contributed by atoms with Crippen LogP contribution in [-0.4, -0.2) is 24.8 Å². The fraction of sp³-hybridized carbons (Fsp3) is 0.182. The third kappa shape index (κ3) is 3.14. The monoisotopic (exact) mass is 345 g/mol. The predicted octanol–water partition coefficient (Wildman–Crippen LogP) is 1.84. The summed E-state index contributed by atoms with van der Waals surface area (Å²) >= 11 is 3.17. The molecule has 0 fully saturated rings. The molecule has 0 unspecified atom stereocenters. The number of nitrogen functional groups attached to an aromatic ring is 1. The van der Waals surface area contributed by atoms with Gasteiger partial charge in [0.1, 0.15) is 16.5 Å². The van der Waals surface area contributed by atoms with Gasteiger partial charge in [0.25, 0.3) is 0 Å². The van der Waals surface area contributed by atoms with Gasteiger partial charge in [0, 0.05) is 13.2 Å². The van der Waals surface area contributed by atoms with Crippen LogP contribution < -0.4 is 5.73 Å². The van der Waals surface area contributed by atoms with E-state index in [0.717, 1.165) is 0 Å². The first kappa shape index (κ1) is 14.0. The highest BCUT2D eigenvalue weighted by molar-refractivity contribution is 9.10. The van der Waals surface area contributed by atoms with Gasteiger partial charge in [-0.1, -0.05) is 0 Å². The lowest BCUT2D eigenvalue weighted by Gasteiger charge is -2.15. The van der Waals surface area contributed by atoms with Crippen molar-refractivity contribution in [3.05, 3.63) is 40.9 Å². The predicted molar refractivity (Wildman–Crippen MR) is 73.7 cm³/mol. The van der Waals surface area contributed by atoms with Crippen molar-refractivity contribution in [2.45, 2.75) is 11.4 Å². The molecule has 0 aliphatic carbocycles. The average molecular weight is 346 g/mol. The van der Waals surface area contributed by atoms with Crippen molar-refractivity contribution >= 4 is 31.8 Å². The first-order valence-electron chi connectivity index (χ1n) is 5.31. The minimum absolute atomic E-state index is 0.0924. The third-order valence-electron chi connectivity index (χ3n) is 2.47. The number of sulfonamides is 1. The average Bonchev–Trinajstić information content (AvgIpc) is 2.75. The van der Waals surface area contributed by atoms with Crippen molar-refractivity contribution in [3.8, 4) is 0 Å². The Hall–Kier alpha value is -1.38. The highest BCUT2D eigenvalue weighted by Gasteiger charge is 2.22. The first-order valence-corrected chi connectivity index (χ1v) is 7.55. The Kier molecular flexibility index (Phi) is 3.93. The number of rotatable bonds is 4. The van der Waals surface area contributed by atoms with Crippen molar-refractivity contribution in [1.82, 2.24) is 9.29 Å². The molecular weight excluding hydrogens is 334 g/mol. The maximum atomic E-state index is 12.2. The maximum Gasteiger partial charge on any atom is 0.244 e. The van der Waals surface area contributed by atoms with E-state index < -0.39 is 10.0 Å². The molecule has 0 aliphatic heterocycles. The summed E-state index contributed by atoms with van der Waals surface area (Å²) < 4.78 is 31.5. The Bertz CT molecular complexity index is 667. The van der Waals surface area contributed by atoms with Crippen molar-refractivity contribution < 1.29 is 12.8 Å². The highest BCUT2D eigenvalue weighted by Crippen LogP contribution is 2.19. The van der Waals surface area contributed by atoms with Gasteiger partial charge < -0.3 is 10.2 Å². The molecule has 0 aromatic carbocycles. The van der Waals surface area contributed by atoms with Gasteiger partial charge in [-0.3, -0.25) is 0 Å². The zero-order valence-electron chi connectivity index (χ0n) is 10.1. The summed E-state index contributed by atoms with van der Waals surface area (Å²) in [7, 11) is -2.13. The quantitative estimate of drug-likeness (QED) is 0.912. The summed E-state index contributed by atoms with van der Waals surface area (Å²) in [4.78, 5) is 3.87. The van der Waals surface area contributed by atoms with Crippen LogP contribution in [0.4, 0.5) is 5.82 Å². The molecule has 0 atom stereocenters. The fourth-order valence-corrected chi connectivity index (χ4v) is 2.89. The van der Waals surface area contributed by atoms with E-state index in [9.17, 15) is 8.42 Å². The lowest BCUT2D eigenvalue weighted by atomic mass is 10.4. The first-order chi connectivity index (χ1) is 8.89. The number of hydrogen-bond donors (Lipinski definition) is 1. The minimum atomic E-state index is -3.60. The van der Waals surface area contributed by atoms with Crippen LogP contribution >= 0.6 is 15.9 Å². The molecule has 2 aromatic rings. The highest BCUT2D eigenvalue weighted by atomic mass is 79.9. The van der Waals surface area contributed by atoms with E-state index in [1.165, 1.54) is 29.7 Å². The van der Waals surface area contributed by atoms with Gasteiger partial charge in [-0.05, 0) is 40.2 Å². The van der Waals surface area contributed by atoms with Gasteiger partial charge >= 0.3 is 0 Å². The Morgan fingerprint density at radius 3 is 2.63 bits per heavy atom. The van der Waals surface area contributed by atoms with E-state index >= 15 is 0 Å². The van der Waals surface area contributed by atoms with Gasteiger partial charge in [-0.15, -0.1) is 0 Å². The Labute approximate surface area is 119 Å². The molecule has 0 saturated carbocycles. The summed E-state index contributed by atoms with van der Waals surface area (Å²) in [6, 6.07) is 6.29. The topological polar surface area (TPSA) is 89.4 Å². The van der Waals surface area contributed by atoms with E-state index in [4.69, 9.17) is 10.2 Å². The van der Waals surface area contributed by atoms with E-state index in [0.29, 0.717) is 10.4 Å². The second-order valence-corrected chi connectivity index (χ2v) is 6.71. The zero-order valence-corrected chi connectivity index (χ0v) is 12.5. The standard InChI is InChI=1S/C11H12BrN3O3S/c1-15(7-8-2-4-10(12)18-8)19(16,17)9-3-5-11(13)14-6-9/h2-6H,7H2,1H3,(H2,13,14). The van der Waals surface area contributed by atoms with Crippen molar-refractivity contribution in [1.29, 1.82) is 0 Å². The molecule has 2 rings (SSSR count). The third-order valence-corrected chi connectivity index (χ3v) is 4.69.